The summed E-state index contributed by atoms with van der Waals surface area (Å²) in [6.45, 7) is 4.70. The summed E-state index contributed by atoms with van der Waals surface area (Å²) in [7, 11) is 0. The van der Waals surface area contributed by atoms with Crippen molar-refractivity contribution in [2.45, 2.75) is 13.5 Å². The molecular weight excluding hydrogens is 396 g/mol. The Morgan fingerprint density at radius 1 is 1.33 bits per heavy atom. The van der Waals surface area contributed by atoms with E-state index in [2.05, 4.69) is 27.2 Å². The number of rotatable bonds is 8. The zero-order valence-electron chi connectivity index (χ0n) is 15.9. The fraction of sp³-hybridized carbons (Fsp3) is 0.100. The Kier molecular flexibility index (Phi) is 7.34. The van der Waals surface area contributed by atoms with E-state index in [-0.39, 0.29) is 40.6 Å². The molecule has 2 rings (SSSR count). The topological polar surface area (TPSA) is 130 Å². The van der Waals surface area contributed by atoms with Crippen LogP contribution in [0.3, 0.4) is 0 Å². The van der Waals surface area contributed by atoms with Crippen molar-refractivity contribution < 1.29 is 23.5 Å². The lowest BCUT2D eigenvalue weighted by Gasteiger charge is -2.13. The Balaban J connectivity index is 2.30. The van der Waals surface area contributed by atoms with Crippen molar-refractivity contribution in [2.24, 2.45) is 10.7 Å². The molecule has 0 spiro atoms. The Morgan fingerprint density at radius 2 is 2.00 bits per heavy atom. The number of anilines is 2. The summed E-state index contributed by atoms with van der Waals surface area (Å²) in [6, 6.07) is 4.88. The molecule has 0 saturated heterocycles. The number of halogens is 2. The molecule has 0 saturated carbocycles. The summed E-state index contributed by atoms with van der Waals surface area (Å²) < 4.78 is 27.7. The molecule has 0 unspecified atom stereocenters. The molecule has 0 fully saturated rings. The molecule has 0 aliphatic rings. The highest BCUT2D eigenvalue weighted by molar-refractivity contribution is 6.04. The fourth-order valence-electron chi connectivity index (χ4n) is 2.24. The third-order valence-corrected chi connectivity index (χ3v) is 3.87. The number of nitrogens with two attached hydrogens (primary N) is 1. The Labute approximate surface area is 170 Å². The van der Waals surface area contributed by atoms with Crippen molar-refractivity contribution in [1.82, 2.24) is 4.98 Å². The second-order valence-corrected chi connectivity index (χ2v) is 5.99. The zero-order chi connectivity index (χ0) is 22.3. The molecule has 0 bridgehead atoms. The second kappa shape index (κ2) is 9.92. The third kappa shape index (κ3) is 5.71. The minimum atomic E-state index is -1.13. The number of hydrogen-bond acceptors (Lipinski definition) is 5. The van der Waals surface area contributed by atoms with E-state index in [0.717, 1.165) is 18.3 Å². The number of carbonyl (C=O) groups is 2. The highest BCUT2D eigenvalue weighted by Gasteiger charge is 2.13. The molecule has 2 aromatic rings. The number of nitrogens with one attached hydrogen (secondary N) is 2. The van der Waals surface area contributed by atoms with Gasteiger partial charge in [-0.25, -0.2) is 23.6 Å². The number of carboxylic acid groups (broad SMARTS) is 1. The standard InChI is InChI=1S/C20H19F2N5O3/c1-3-17(25-8-11(2)20(29)30)27-18-7-16(13(10-26-18)19(23)28)24-9-12-14(21)5-4-6-15(12)22/h3-8,10H,1,9H2,2H3,(H2,23,28)(H,29,30)(H2,24,25,26,27)/b11-8+. The summed E-state index contributed by atoms with van der Waals surface area (Å²) in [4.78, 5) is 30.5. The molecule has 10 heteroatoms. The van der Waals surface area contributed by atoms with Gasteiger partial charge >= 0.3 is 5.97 Å². The molecule has 0 aliphatic carbocycles. The molecule has 30 heavy (non-hydrogen) atoms. The average Bonchev–Trinajstić information content (AvgIpc) is 2.70. The van der Waals surface area contributed by atoms with E-state index in [1.807, 2.05) is 0 Å². The Morgan fingerprint density at radius 3 is 2.57 bits per heavy atom. The molecule has 8 nitrogen and oxygen atoms in total. The third-order valence-electron chi connectivity index (χ3n) is 3.87. The minimum Gasteiger partial charge on any atom is -0.478 e. The first-order chi connectivity index (χ1) is 14.2. The molecule has 5 N–H and O–H groups in total. The Bertz CT molecular complexity index is 1030. The number of carboxylic acids is 1. The van der Waals surface area contributed by atoms with Crippen LogP contribution in [-0.4, -0.2) is 27.8 Å². The molecule has 156 valence electrons. The lowest BCUT2D eigenvalue weighted by Crippen LogP contribution is -2.17. The number of nitrogens with zero attached hydrogens (tertiary/aromatic N) is 2. The van der Waals surface area contributed by atoms with Crippen LogP contribution >= 0.6 is 0 Å². The first kappa shape index (κ1) is 22.2. The smallest absolute Gasteiger partial charge is 0.332 e. The maximum atomic E-state index is 13.8. The van der Waals surface area contributed by atoms with Crippen LogP contribution in [0.1, 0.15) is 22.8 Å². The highest BCUT2D eigenvalue weighted by atomic mass is 19.1. The number of aliphatic imine (C=N–C) groups is 1. The summed E-state index contributed by atoms with van der Waals surface area (Å²) >= 11 is 0. The van der Waals surface area contributed by atoms with E-state index in [4.69, 9.17) is 10.8 Å². The van der Waals surface area contributed by atoms with Crippen molar-refractivity contribution in [3.05, 3.63) is 77.7 Å². The number of amides is 1. The van der Waals surface area contributed by atoms with Crippen LogP contribution in [0.4, 0.5) is 20.3 Å². The summed E-state index contributed by atoms with van der Waals surface area (Å²) in [5.41, 5.74) is 5.33. The summed E-state index contributed by atoms with van der Waals surface area (Å²) in [6.07, 6.45) is 3.64. The van der Waals surface area contributed by atoms with Gasteiger partial charge in [-0.3, -0.25) is 4.79 Å². The first-order valence-electron chi connectivity index (χ1n) is 8.56. The maximum absolute atomic E-state index is 13.8. The molecule has 0 aliphatic heterocycles. The molecule has 1 aromatic carbocycles. The van der Waals surface area contributed by atoms with Crippen molar-refractivity contribution in [2.75, 3.05) is 10.6 Å². The van der Waals surface area contributed by atoms with Gasteiger partial charge in [-0.05, 0) is 25.1 Å². The van der Waals surface area contributed by atoms with Gasteiger partial charge in [0.25, 0.3) is 5.91 Å². The van der Waals surface area contributed by atoms with Gasteiger partial charge in [0, 0.05) is 30.6 Å². The number of hydrogen-bond donors (Lipinski definition) is 4. The monoisotopic (exact) mass is 415 g/mol. The van der Waals surface area contributed by atoms with Crippen molar-refractivity contribution in [1.29, 1.82) is 0 Å². The van der Waals surface area contributed by atoms with Crippen molar-refractivity contribution in [3.8, 4) is 0 Å². The van der Waals surface area contributed by atoms with E-state index < -0.39 is 23.5 Å². The van der Waals surface area contributed by atoms with E-state index in [1.165, 1.54) is 31.3 Å². The van der Waals surface area contributed by atoms with Gasteiger partial charge in [-0.1, -0.05) is 12.6 Å². The largest absolute Gasteiger partial charge is 0.478 e. The summed E-state index contributed by atoms with van der Waals surface area (Å²) in [5, 5.41) is 14.4. The van der Waals surface area contributed by atoms with Crippen LogP contribution in [-0.2, 0) is 11.3 Å². The number of carbonyl (C=O) groups excluding carboxylic acids is 1. The van der Waals surface area contributed by atoms with Gasteiger partial charge in [0.2, 0.25) is 0 Å². The first-order valence-corrected chi connectivity index (χ1v) is 8.56. The zero-order valence-corrected chi connectivity index (χ0v) is 15.9. The fourth-order valence-corrected chi connectivity index (χ4v) is 2.24. The van der Waals surface area contributed by atoms with Crippen LogP contribution in [0.2, 0.25) is 0 Å². The lowest BCUT2D eigenvalue weighted by atomic mass is 10.1. The van der Waals surface area contributed by atoms with E-state index in [9.17, 15) is 18.4 Å². The predicted octanol–water partition coefficient (Wildman–Crippen LogP) is 3.06. The predicted molar refractivity (Wildman–Crippen MR) is 109 cm³/mol. The Hall–Kier alpha value is -4.08. The number of amidine groups is 1. The SMILES string of the molecule is C=CC(=N/C=C(\C)C(=O)O)Nc1cc(NCc2c(F)cccc2F)c(C(N)=O)cn1. The van der Waals surface area contributed by atoms with Crippen LogP contribution in [0.15, 0.2) is 59.9 Å². The molecule has 0 radical (unpaired) electrons. The van der Waals surface area contributed by atoms with Crippen LogP contribution in [0.5, 0.6) is 0 Å². The van der Waals surface area contributed by atoms with Gasteiger partial charge in [0.15, 0.2) is 0 Å². The number of pyridine rings is 1. The quantitative estimate of drug-likeness (QED) is 0.298. The van der Waals surface area contributed by atoms with Gasteiger partial charge in [0.1, 0.15) is 23.3 Å². The van der Waals surface area contributed by atoms with Gasteiger partial charge in [0.05, 0.1) is 16.8 Å². The van der Waals surface area contributed by atoms with E-state index in [0.29, 0.717) is 0 Å². The number of benzene rings is 1. The molecule has 1 heterocycles. The van der Waals surface area contributed by atoms with Crippen LogP contribution < -0.4 is 16.4 Å². The van der Waals surface area contributed by atoms with Crippen molar-refractivity contribution >= 4 is 29.2 Å². The lowest BCUT2D eigenvalue weighted by molar-refractivity contribution is -0.132. The average molecular weight is 415 g/mol. The van der Waals surface area contributed by atoms with Gasteiger partial charge in [-0.15, -0.1) is 0 Å². The second-order valence-electron chi connectivity index (χ2n) is 5.99. The van der Waals surface area contributed by atoms with E-state index in [1.54, 1.807) is 0 Å². The maximum Gasteiger partial charge on any atom is 0.332 e. The molecule has 1 amide bonds. The number of aromatic nitrogens is 1. The van der Waals surface area contributed by atoms with Crippen LogP contribution in [0.25, 0.3) is 0 Å². The normalized spacial score (nSPS) is 11.7. The highest BCUT2D eigenvalue weighted by Crippen LogP contribution is 2.21. The number of aliphatic carboxylic acids is 1. The molecule has 1 aromatic heterocycles. The molecular formula is C20H19F2N5O3. The number of primary amides is 1. The van der Waals surface area contributed by atoms with Crippen molar-refractivity contribution in [3.63, 3.8) is 0 Å². The van der Waals surface area contributed by atoms with Gasteiger partial charge in [-0.2, -0.15) is 0 Å². The van der Waals surface area contributed by atoms with E-state index >= 15 is 0 Å². The van der Waals surface area contributed by atoms with Gasteiger partial charge < -0.3 is 21.5 Å². The minimum absolute atomic E-state index is 0.00227. The molecule has 0 atom stereocenters. The summed E-state index contributed by atoms with van der Waals surface area (Å²) in [5.74, 6) is -3.01. The van der Waals surface area contributed by atoms with Crippen LogP contribution in [0, 0.1) is 11.6 Å².